The smallest absolute Gasteiger partial charge is 0.217 e. The first kappa shape index (κ1) is 26.7. The molecule has 3 aromatic rings. The molecule has 0 fully saturated rings. The third kappa shape index (κ3) is 8.74. The number of methoxy groups -OCH3 is 1. The molecule has 0 aliphatic carbocycles. The minimum Gasteiger partial charge on any atom is -0.726 e. The Hall–Kier alpha value is -3.60. The van der Waals surface area contributed by atoms with Gasteiger partial charge in [0.15, 0.2) is 12.4 Å². The van der Waals surface area contributed by atoms with E-state index in [0.717, 1.165) is 40.9 Å². The van der Waals surface area contributed by atoms with Gasteiger partial charge >= 0.3 is 0 Å². The zero-order chi connectivity index (χ0) is 25.1. The van der Waals surface area contributed by atoms with Crippen LogP contribution in [0.15, 0.2) is 83.3 Å². The summed E-state index contributed by atoms with van der Waals surface area (Å²) in [5.74, 6) is 0.819. The Labute approximate surface area is 200 Å². The maximum atomic E-state index is 9.22. The number of rotatable bonds is 7. The number of hydrogen-bond acceptors (Lipinski definition) is 8. The molecule has 34 heavy (non-hydrogen) atoms. The molecule has 1 aromatic heterocycles. The number of nitrogens with zero attached hydrogens (tertiary/aromatic N) is 4. The van der Waals surface area contributed by atoms with Gasteiger partial charge in [-0.05, 0) is 48.0 Å². The first-order valence-electron chi connectivity index (χ1n) is 10.1. The van der Waals surface area contributed by atoms with E-state index in [0.29, 0.717) is 0 Å². The zero-order valence-electron chi connectivity index (χ0n) is 19.7. The second kappa shape index (κ2) is 12.6. The summed E-state index contributed by atoms with van der Waals surface area (Å²) in [6.45, 7) is 0. The Kier molecular flexibility index (Phi) is 9.87. The Morgan fingerprint density at radius 2 is 1.62 bits per heavy atom. The van der Waals surface area contributed by atoms with Gasteiger partial charge in [-0.25, -0.2) is 13.0 Å². The van der Waals surface area contributed by atoms with E-state index in [4.69, 9.17) is 4.74 Å². The van der Waals surface area contributed by atoms with Crippen LogP contribution in [-0.4, -0.2) is 53.2 Å². The van der Waals surface area contributed by atoms with Gasteiger partial charge in [0.25, 0.3) is 0 Å². The monoisotopic (exact) mass is 484 g/mol. The maximum Gasteiger partial charge on any atom is 0.217 e. The average Bonchev–Trinajstić information content (AvgIpc) is 2.82. The second-order valence-electron chi connectivity index (χ2n) is 7.24. The molecule has 10 heteroatoms. The summed E-state index contributed by atoms with van der Waals surface area (Å²) in [4.78, 5) is 2.07. The largest absolute Gasteiger partial charge is 0.726 e. The van der Waals surface area contributed by atoms with Crippen LogP contribution in [0.3, 0.4) is 0 Å². The van der Waals surface area contributed by atoms with Crippen molar-refractivity contribution in [2.45, 2.75) is 0 Å². The number of ether oxygens (including phenoxy) is 1. The zero-order valence-corrected chi connectivity index (χ0v) is 20.6. The van der Waals surface area contributed by atoms with E-state index >= 15 is 0 Å². The van der Waals surface area contributed by atoms with Crippen molar-refractivity contribution in [3.8, 4) is 5.75 Å². The van der Waals surface area contributed by atoms with E-state index in [2.05, 4.69) is 43.6 Å². The highest BCUT2D eigenvalue weighted by Gasteiger charge is 2.11. The van der Waals surface area contributed by atoms with E-state index in [9.17, 15) is 13.0 Å². The van der Waals surface area contributed by atoms with Crippen molar-refractivity contribution in [1.29, 1.82) is 0 Å². The first-order chi connectivity index (χ1) is 16.1. The molecule has 0 spiro atoms. The highest BCUT2D eigenvalue weighted by atomic mass is 32.3. The molecule has 180 valence electrons. The fourth-order valence-corrected chi connectivity index (χ4v) is 2.77. The van der Waals surface area contributed by atoms with E-state index < -0.39 is 10.4 Å². The summed E-state index contributed by atoms with van der Waals surface area (Å²) in [5.41, 5.74) is 4.96. The van der Waals surface area contributed by atoms with Gasteiger partial charge < -0.3 is 14.2 Å². The van der Waals surface area contributed by atoms with E-state index in [1.165, 1.54) is 0 Å². The predicted octanol–water partition coefficient (Wildman–Crippen LogP) is 2.55. The fraction of sp³-hybridized carbons (Fsp3) is 0.208. The normalized spacial score (nSPS) is 11.6. The van der Waals surface area contributed by atoms with Crippen molar-refractivity contribution < 1.29 is 26.5 Å². The maximum absolute atomic E-state index is 9.22. The van der Waals surface area contributed by atoms with Crippen LogP contribution < -0.4 is 14.2 Å². The van der Waals surface area contributed by atoms with Crippen LogP contribution in [0.25, 0.3) is 0 Å². The molecule has 9 nitrogen and oxygen atoms in total. The summed E-state index contributed by atoms with van der Waals surface area (Å²) in [6.07, 6.45) is 5.79. The summed E-state index contributed by atoms with van der Waals surface area (Å²) < 4.78 is 38.2. The highest BCUT2D eigenvalue weighted by Crippen LogP contribution is 2.16. The van der Waals surface area contributed by atoms with Crippen molar-refractivity contribution in [2.24, 2.45) is 17.3 Å². The van der Waals surface area contributed by atoms with Crippen molar-refractivity contribution in [2.75, 3.05) is 33.2 Å². The lowest BCUT2D eigenvalue weighted by Gasteiger charge is -2.13. The number of aromatic nitrogens is 1. The fourth-order valence-electron chi connectivity index (χ4n) is 2.77. The van der Waals surface area contributed by atoms with Crippen LogP contribution in [0.1, 0.15) is 16.7 Å². The second-order valence-corrected chi connectivity index (χ2v) is 8.39. The van der Waals surface area contributed by atoms with Crippen molar-refractivity contribution >= 4 is 28.0 Å². The molecule has 0 saturated heterocycles. The van der Waals surface area contributed by atoms with Crippen LogP contribution in [0.5, 0.6) is 5.75 Å². The number of hydrogen-bond donors (Lipinski definition) is 0. The third-order valence-corrected chi connectivity index (χ3v) is 4.96. The van der Waals surface area contributed by atoms with E-state index in [1.54, 1.807) is 13.3 Å². The highest BCUT2D eigenvalue weighted by molar-refractivity contribution is 7.80. The number of pyridine rings is 1. The van der Waals surface area contributed by atoms with Crippen LogP contribution in [0, 0.1) is 0 Å². The average molecular weight is 485 g/mol. The summed E-state index contributed by atoms with van der Waals surface area (Å²) >= 11 is 0. The van der Waals surface area contributed by atoms with Gasteiger partial charge in [-0.1, -0.05) is 12.1 Å². The van der Waals surface area contributed by atoms with Gasteiger partial charge in [-0.2, -0.15) is 5.10 Å². The summed E-state index contributed by atoms with van der Waals surface area (Å²) in [7, 11) is 4.10. The molecule has 0 atom stereocenters. The Balaban J connectivity index is 0.000000604. The minimum atomic E-state index is -4.41. The lowest BCUT2D eigenvalue weighted by atomic mass is 10.0. The van der Waals surface area contributed by atoms with E-state index in [1.807, 2.05) is 74.5 Å². The van der Waals surface area contributed by atoms with Crippen molar-refractivity contribution in [3.05, 3.63) is 89.7 Å². The van der Waals surface area contributed by atoms with Crippen LogP contribution in [-0.2, 0) is 21.6 Å². The molecule has 1 heterocycles. The Bertz CT molecular complexity index is 1220. The molecule has 0 aliphatic rings. The van der Waals surface area contributed by atoms with Gasteiger partial charge in [-0.15, -0.1) is 5.10 Å². The molecule has 3 rings (SSSR count). The van der Waals surface area contributed by atoms with Gasteiger partial charge in [0.2, 0.25) is 10.4 Å². The molecule has 0 unspecified atom stereocenters. The minimum absolute atomic E-state index is 0.808. The van der Waals surface area contributed by atoms with Gasteiger partial charge in [-0.3, -0.25) is 4.18 Å². The molecule has 0 aliphatic heterocycles. The quantitative estimate of drug-likeness (QED) is 0.168. The van der Waals surface area contributed by atoms with Crippen molar-refractivity contribution in [1.82, 2.24) is 0 Å². The molecular weight excluding hydrogens is 456 g/mol. The molecule has 0 radical (unpaired) electrons. The number of anilines is 1. The summed E-state index contributed by atoms with van der Waals surface area (Å²) in [6, 6.07) is 20.1. The van der Waals surface area contributed by atoms with E-state index in [-0.39, 0.29) is 0 Å². The lowest BCUT2D eigenvalue weighted by Crippen LogP contribution is -2.28. The predicted molar refractivity (Wildman–Crippen MR) is 131 cm³/mol. The van der Waals surface area contributed by atoms with Gasteiger partial charge in [0.05, 0.1) is 26.0 Å². The Morgan fingerprint density at radius 3 is 2.12 bits per heavy atom. The topological polar surface area (TPSA) is 108 Å². The molecule has 0 amide bonds. The van der Waals surface area contributed by atoms with Crippen LogP contribution in [0.4, 0.5) is 5.69 Å². The van der Waals surface area contributed by atoms with Gasteiger partial charge in [0, 0.05) is 31.4 Å². The summed E-state index contributed by atoms with van der Waals surface area (Å²) in [5, 5.41) is 8.89. The molecule has 2 aromatic carbocycles. The molecule has 0 bridgehead atoms. The molecular formula is C24H28N4O5S. The molecule has 0 N–H and O–H groups in total. The van der Waals surface area contributed by atoms with Crippen LogP contribution in [0.2, 0.25) is 0 Å². The lowest BCUT2D eigenvalue weighted by molar-refractivity contribution is -0.671. The number of benzene rings is 2. The first-order valence-corrected chi connectivity index (χ1v) is 11.5. The third-order valence-electron chi connectivity index (χ3n) is 4.55. The molecule has 0 saturated carbocycles. The standard InChI is InChI=1S/C23H25N4O.CH4O4S/c1-26(2)21-11-9-19(10-12-21)23(20-6-5-15-27(3)17-20)25-24-16-18-7-13-22(28-4)14-8-18;1-5-6(2,3)4/h5-17H,1-4H3;1H3,(H,2,3,4)/q+1;/p-1/b24-16+,25-23-;. The van der Waals surface area contributed by atoms with Crippen LogP contribution >= 0.6 is 0 Å². The Morgan fingerprint density at radius 1 is 1.00 bits per heavy atom. The SMILES string of the molecule is COS(=O)(=O)[O-].COc1ccc(/C=N/N=C(/c2ccc(N(C)C)cc2)c2ccc[n+](C)c2)cc1. The van der Waals surface area contributed by atoms with Crippen molar-refractivity contribution in [3.63, 3.8) is 0 Å². The van der Waals surface area contributed by atoms with Gasteiger partial charge in [0.1, 0.15) is 18.5 Å². The number of aryl methyl sites for hydroxylation is 1.